The molecule has 3 nitrogen and oxygen atoms in total. The van der Waals surface area contributed by atoms with E-state index in [-0.39, 0.29) is 5.56 Å². The minimum Gasteiger partial charge on any atom is -0.228 e. The van der Waals surface area contributed by atoms with Crippen molar-refractivity contribution in [2.24, 2.45) is 5.14 Å². The number of nitrogens with two attached hydrogens (primary N) is 1. The zero-order valence-corrected chi connectivity index (χ0v) is 9.47. The van der Waals surface area contributed by atoms with Crippen molar-refractivity contribution in [3.05, 3.63) is 33.1 Å². The molecule has 0 heterocycles. The Labute approximate surface area is 89.3 Å². The van der Waals surface area contributed by atoms with Gasteiger partial charge < -0.3 is 0 Å². The molecular weight excluding hydrogens is 308 g/mol. The van der Waals surface area contributed by atoms with Gasteiger partial charge in [-0.25, -0.2) is 17.9 Å². The second kappa shape index (κ2) is 3.89. The van der Waals surface area contributed by atoms with Gasteiger partial charge in [-0.3, -0.25) is 0 Å². The van der Waals surface area contributed by atoms with Crippen LogP contribution >= 0.6 is 22.6 Å². The molecule has 13 heavy (non-hydrogen) atoms. The Balaban J connectivity index is 3.04. The predicted molar refractivity (Wildman–Crippen MR) is 55.9 cm³/mol. The van der Waals surface area contributed by atoms with Gasteiger partial charge in [0.05, 0.1) is 5.75 Å². The van der Waals surface area contributed by atoms with Gasteiger partial charge in [0, 0.05) is 9.13 Å². The topological polar surface area (TPSA) is 60.2 Å². The molecule has 0 saturated carbocycles. The Morgan fingerprint density at radius 3 is 2.54 bits per heavy atom. The molecule has 0 aliphatic heterocycles. The van der Waals surface area contributed by atoms with Crippen LogP contribution in [0.15, 0.2) is 18.2 Å². The molecule has 0 aromatic heterocycles. The Bertz CT molecular complexity index is 419. The summed E-state index contributed by atoms with van der Waals surface area (Å²) in [5, 5.41) is 4.78. The molecule has 0 amide bonds. The van der Waals surface area contributed by atoms with E-state index in [1.54, 1.807) is 6.07 Å². The van der Waals surface area contributed by atoms with Gasteiger partial charge in [-0.05, 0) is 34.7 Å². The summed E-state index contributed by atoms with van der Waals surface area (Å²) in [6, 6.07) is 4.31. The standard InChI is InChI=1S/C7H7FINO2S/c8-7-3-6(9)2-1-5(7)4-13(10,11)12/h1-3H,4H2,(H2,10,11,12). The lowest BCUT2D eigenvalue weighted by atomic mass is 10.2. The van der Waals surface area contributed by atoms with Crippen molar-refractivity contribution >= 4 is 32.6 Å². The van der Waals surface area contributed by atoms with E-state index >= 15 is 0 Å². The van der Waals surface area contributed by atoms with Crippen molar-refractivity contribution in [3.63, 3.8) is 0 Å². The maximum Gasteiger partial charge on any atom is 0.213 e. The molecule has 0 atom stereocenters. The largest absolute Gasteiger partial charge is 0.228 e. The second-order valence-electron chi connectivity index (χ2n) is 2.54. The molecular formula is C7H7FINO2S. The van der Waals surface area contributed by atoms with E-state index in [2.05, 4.69) is 0 Å². The first kappa shape index (κ1) is 10.9. The van der Waals surface area contributed by atoms with Crippen LogP contribution in [0.4, 0.5) is 4.39 Å². The fourth-order valence-electron chi connectivity index (χ4n) is 0.855. The van der Waals surface area contributed by atoms with Gasteiger partial charge in [-0.1, -0.05) is 6.07 Å². The summed E-state index contributed by atoms with van der Waals surface area (Å²) < 4.78 is 35.1. The third-order valence-corrected chi connectivity index (χ3v) is 2.76. The van der Waals surface area contributed by atoms with Crippen molar-refractivity contribution in [3.8, 4) is 0 Å². The number of hydrogen-bond acceptors (Lipinski definition) is 2. The van der Waals surface area contributed by atoms with Crippen LogP contribution in [-0.4, -0.2) is 8.42 Å². The zero-order valence-electron chi connectivity index (χ0n) is 6.50. The molecule has 1 aromatic carbocycles. The van der Waals surface area contributed by atoms with E-state index in [1.165, 1.54) is 12.1 Å². The highest BCUT2D eigenvalue weighted by atomic mass is 127. The number of halogens is 2. The van der Waals surface area contributed by atoms with Gasteiger partial charge in [-0.2, -0.15) is 0 Å². The third-order valence-electron chi connectivity index (χ3n) is 1.37. The Morgan fingerprint density at radius 2 is 2.08 bits per heavy atom. The molecule has 0 spiro atoms. The van der Waals surface area contributed by atoms with Crippen molar-refractivity contribution in [1.29, 1.82) is 0 Å². The Morgan fingerprint density at radius 1 is 1.46 bits per heavy atom. The molecule has 0 saturated heterocycles. The summed E-state index contributed by atoms with van der Waals surface area (Å²) >= 11 is 1.94. The summed E-state index contributed by atoms with van der Waals surface area (Å²) in [7, 11) is -3.65. The number of hydrogen-bond donors (Lipinski definition) is 1. The van der Waals surface area contributed by atoms with E-state index in [0.29, 0.717) is 3.57 Å². The first-order valence-electron chi connectivity index (χ1n) is 3.33. The van der Waals surface area contributed by atoms with Crippen LogP contribution < -0.4 is 5.14 Å². The maximum absolute atomic E-state index is 13.1. The predicted octanol–water partition coefficient (Wildman–Crippen LogP) is 1.22. The Hall–Kier alpha value is -0.210. The van der Waals surface area contributed by atoms with Crippen LogP contribution in [0.3, 0.4) is 0 Å². The molecule has 6 heteroatoms. The van der Waals surface area contributed by atoms with Gasteiger partial charge in [-0.15, -0.1) is 0 Å². The van der Waals surface area contributed by atoms with E-state index in [4.69, 9.17) is 5.14 Å². The fraction of sp³-hybridized carbons (Fsp3) is 0.143. The van der Waals surface area contributed by atoms with E-state index in [1.807, 2.05) is 22.6 Å². The minimum atomic E-state index is -3.65. The first-order chi connectivity index (χ1) is 5.88. The zero-order chi connectivity index (χ0) is 10.1. The number of primary sulfonamides is 1. The first-order valence-corrected chi connectivity index (χ1v) is 6.12. The number of sulfonamides is 1. The molecule has 0 unspecified atom stereocenters. The molecule has 0 aliphatic rings. The van der Waals surface area contributed by atoms with Gasteiger partial charge in [0.2, 0.25) is 10.0 Å². The lowest BCUT2D eigenvalue weighted by Gasteiger charge is -2.01. The summed E-state index contributed by atoms with van der Waals surface area (Å²) in [5.74, 6) is -1.00. The van der Waals surface area contributed by atoms with Crippen LogP contribution in [0.1, 0.15) is 5.56 Å². The average molecular weight is 315 g/mol. The highest BCUT2D eigenvalue weighted by molar-refractivity contribution is 14.1. The lowest BCUT2D eigenvalue weighted by molar-refractivity contribution is 0.588. The van der Waals surface area contributed by atoms with Crippen molar-refractivity contribution < 1.29 is 12.8 Å². The summed E-state index contributed by atoms with van der Waals surface area (Å²) in [6.45, 7) is 0. The third kappa shape index (κ3) is 3.57. The van der Waals surface area contributed by atoms with Gasteiger partial charge in [0.1, 0.15) is 5.82 Å². The van der Waals surface area contributed by atoms with Crippen molar-refractivity contribution in [2.45, 2.75) is 5.75 Å². The Kier molecular flexibility index (Phi) is 3.25. The fourth-order valence-corrected chi connectivity index (χ4v) is 1.98. The molecule has 1 aromatic rings. The van der Waals surface area contributed by atoms with Gasteiger partial charge in [0.15, 0.2) is 0 Å². The quantitative estimate of drug-likeness (QED) is 0.834. The summed E-state index contributed by atoms with van der Waals surface area (Å²) in [6.07, 6.45) is 0. The minimum absolute atomic E-state index is 0.0999. The number of rotatable bonds is 2. The maximum atomic E-state index is 13.1. The van der Waals surface area contributed by atoms with E-state index in [9.17, 15) is 12.8 Å². The summed E-state index contributed by atoms with van der Waals surface area (Å²) in [5.41, 5.74) is 0.0999. The SMILES string of the molecule is NS(=O)(=O)Cc1ccc(I)cc1F. The van der Waals surface area contributed by atoms with Gasteiger partial charge >= 0.3 is 0 Å². The van der Waals surface area contributed by atoms with Crippen molar-refractivity contribution in [1.82, 2.24) is 0 Å². The molecule has 0 fully saturated rings. The highest BCUT2D eigenvalue weighted by Gasteiger charge is 2.09. The average Bonchev–Trinajstić information content (AvgIpc) is 1.93. The molecule has 0 bridgehead atoms. The van der Waals surface area contributed by atoms with Crippen LogP contribution in [-0.2, 0) is 15.8 Å². The molecule has 0 radical (unpaired) electrons. The number of benzene rings is 1. The van der Waals surface area contributed by atoms with Crippen LogP contribution in [0.5, 0.6) is 0 Å². The second-order valence-corrected chi connectivity index (χ2v) is 5.40. The monoisotopic (exact) mass is 315 g/mol. The van der Waals surface area contributed by atoms with E-state index < -0.39 is 21.6 Å². The lowest BCUT2D eigenvalue weighted by Crippen LogP contribution is -2.15. The van der Waals surface area contributed by atoms with E-state index in [0.717, 1.165) is 0 Å². The van der Waals surface area contributed by atoms with Crippen LogP contribution in [0, 0.1) is 9.39 Å². The van der Waals surface area contributed by atoms with Crippen LogP contribution in [0.25, 0.3) is 0 Å². The van der Waals surface area contributed by atoms with Crippen molar-refractivity contribution in [2.75, 3.05) is 0 Å². The molecule has 0 aliphatic carbocycles. The molecule has 72 valence electrons. The normalized spacial score (nSPS) is 11.6. The highest BCUT2D eigenvalue weighted by Crippen LogP contribution is 2.13. The van der Waals surface area contributed by atoms with Crippen LogP contribution in [0.2, 0.25) is 0 Å². The molecule has 2 N–H and O–H groups in total. The smallest absolute Gasteiger partial charge is 0.213 e. The molecule has 1 rings (SSSR count). The summed E-state index contributed by atoms with van der Waals surface area (Å²) in [4.78, 5) is 0. The van der Waals surface area contributed by atoms with Gasteiger partial charge in [0.25, 0.3) is 0 Å².